The molecule has 0 unspecified atom stereocenters. The number of aromatic nitrogens is 2. The fraction of sp³-hybridized carbons (Fsp3) is 0.273. The van der Waals surface area contributed by atoms with Crippen LogP contribution in [-0.2, 0) is 10.5 Å². The lowest BCUT2D eigenvalue weighted by molar-refractivity contribution is -0.357. The predicted molar refractivity (Wildman–Crippen MR) is 116 cm³/mol. The average Bonchev–Trinajstić information content (AvgIpc) is 2.80. The maximum atomic E-state index is 10.9. The van der Waals surface area contributed by atoms with Gasteiger partial charge in [0.05, 0.1) is 18.0 Å². The van der Waals surface area contributed by atoms with Crippen LogP contribution in [-0.4, -0.2) is 66.5 Å². The molecule has 4 rings (SSSR count). The minimum absolute atomic E-state index is 0.0732. The fourth-order valence-corrected chi connectivity index (χ4v) is 3.78. The Morgan fingerprint density at radius 3 is 1.97 bits per heavy atom. The molecule has 0 bridgehead atoms. The molecule has 1 aliphatic heterocycles. The highest BCUT2D eigenvalue weighted by Crippen LogP contribution is 2.37. The van der Waals surface area contributed by atoms with Crippen LogP contribution in [0.4, 0.5) is 5.95 Å². The number of nitrogens with zero attached hydrogens (tertiary/aromatic N) is 2. The average molecular weight is 460 g/mol. The van der Waals surface area contributed by atoms with Gasteiger partial charge in [0, 0.05) is 21.7 Å². The predicted octanol–water partition coefficient (Wildman–Crippen LogP) is 0.665. The van der Waals surface area contributed by atoms with Gasteiger partial charge in [-0.1, -0.05) is 48.0 Å². The van der Waals surface area contributed by atoms with Crippen LogP contribution in [0.1, 0.15) is 5.56 Å². The van der Waals surface area contributed by atoms with Crippen LogP contribution < -0.4 is 5.73 Å². The van der Waals surface area contributed by atoms with Crippen LogP contribution in [0.3, 0.4) is 0 Å². The van der Waals surface area contributed by atoms with Crippen molar-refractivity contribution in [3.05, 3.63) is 65.2 Å². The Balaban J connectivity index is 1.66. The molecular weight excluding hydrogens is 438 g/mol. The van der Waals surface area contributed by atoms with Gasteiger partial charge in [0.2, 0.25) is 11.7 Å². The van der Waals surface area contributed by atoms with Crippen molar-refractivity contribution < 1.29 is 30.3 Å². The van der Waals surface area contributed by atoms with E-state index in [4.69, 9.17) is 22.1 Å². The molecule has 5 atom stereocenters. The zero-order valence-electron chi connectivity index (χ0n) is 16.7. The van der Waals surface area contributed by atoms with Gasteiger partial charge in [0.25, 0.3) is 0 Å². The minimum Gasteiger partial charge on any atom is -0.394 e. The number of aliphatic hydroxyl groups is 5. The number of nitrogen functional groups attached to an aromatic ring is 1. The van der Waals surface area contributed by atoms with Crippen molar-refractivity contribution in [2.24, 2.45) is 0 Å². The van der Waals surface area contributed by atoms with Crippen molar-refractivity contribution in [1.82, 2.24) is 9.97 Å². The Kier molecular flexibility index (Phi) is 6.15. The Hall–Kier alpha value is -2.63. The van der Waals surface area contributed by atoms with Gasteiger partial charge in [-0.25, -0.2) is 9.97 Å². The van der Waals surface area contributed by atoms with Gasteiger partial charge in [-0.05, 0) is 18.2 Å². The van der Waals surface area contributed by atoms with Crippen LogP contribution in [0.15, 0.2) is 54.6 Å². The molecule has 0 radical (unpaired) electrons. The van der Waals surface area contributed by atoms with Crippen molar-refractivity contribution in [3.8, 4) is 22.5 Å². The molecule has 7 N–H and O–H groups in total. The van der Waals surface area contributed by atoms with Crippen molar-refractivity contribution >= 4 is 17.5 Å². The third kappa shape index (κ3) is 4.07. The first-order chi connectivity index (χ1) is 15.2. The van der Waals surface area contributed by atoms with Crippen LogP contribution in [0, 0.1) is 0 Å². The SMILES string of the molecule is Nc1nc(-c2ccc(Cl)cc2)cc(-c2ccc([C@@]3(O)O[C@H](CO)[C@@H](O)[C@@H](O)[C@H]3O)cc2)n1. The number of benzene rings is 2. The number of anilines is 1. The van der Waals surface area contributed by atoms with Crippen LogP contribution in [0.25, 0.3) is 22.5 Å². The maximum absolute atomic E-state index is 10.9. The number of halogens is 1. The van der Waals surface area contributed by atoms with E-state index >= 15 is 0 Å². The smallest absolute Gasteiger partial charge is 0.222 e. The molecule has 10 heteroatoms. The second-order valence-electron chi connectivity index (χ2n) is 7.54. The number of aliphatic hydroxyl groups excluding tert-OH is 4. The maximum Gasteiger partial charge on any atom is 0.222 e. The van der Waals surface area contributed by atoms with E-state index in [-0.39, 0.29) is 11.5 Å². The molecule has 2 heterocycles. The van der Waals surface area contributed by atoms with E-state index in [1.165, 1.54) is 12.1 Å². The summed E-state index contributed by atoms with van der Waals surface area (Å²) >= 11 is 5.94. The molecule has 9 nitrogen and oxygen atoms in total. The first kappa shape index (κ1) is 22.6. The van der Waals surface area contributed by atoms with E-state index in [9.17, 15) is 25.5 Å². The summed E-state index contributed by atoms with van der Waals surface area (Å²) < 4.78 is 5.34. The van der Waals surface area contributed by atoms with Gasteiger partial charge in [0.1, 0.15) is 24.4 Å². The highest BCUT2D eigenvalue weighted by atomic mass is 35.5. The lowest BCUT2D eigenvalue weighted by Gasteiger charge is -2.45. The Bertz CT molecular complexity index is 1100. The third-order valence-corrected chi connectivity index (χ3v) is 5.70. The summed E-state index contributed by atoms with van der Waals surface area (Å²) in [6, 6.07) is 15.1. The summed E-state index contributed by atoms with van der Waals surface area (Å²) in [5, 5.41) is 51.2. The molecule has 1 saturated heterocycles. The van der Waals surface area contributed by atoms with E-state index in [1.54, 1.807) is 30.3 Å². The molecule has 0 amide bonds. The summed E-state index contributed by atoms with van der Waals surface area (Å²) in [5.74, 6) is -2.26. The summed E-state index contributed by atoms with van der Waals surface area (Å²) in [5.41, 5.74) is 8.58. The van der Waals surface area contributed by atoms with Gasteiger partial charge in [-0.2, -0.15) is 0 Å². The molecule has 1 aromatic heterocycles. The van der Waals surface area contributed by atoms with Gasteiger partial charge >= 0.3 is 0 Å². The number of nitrogens with two attached hydrogens (primary N) is 1. The third-order valence-electron chi connectivity index (χ3n) is 5.44. The molecule has 2 aromatic carbocycles. The molecule has 0 aliphatic carbocycles. The molecule has 168 valence electrons. The monoisotopic (exact) mass is 459 g/mol. The summed E-state index contributed by atoms with van der Waals surface area (Å²) in [7, 11) is 0. The van der Waals surface area contributed by atoms with E-state index in [2.05, 4.69) is 9.97 Å². The molecule has 1 fully saturated rings. The summed E-state index contributed by atoms with van der Waals surface area (Å²) in [6.07, 6.45) is -6.38. The number of hydrogen-bond acceptors (Lipinski definition) is 9. The molecule has 3 aromatic rings. The number of rotatable bonds is 4. The second kappa shape index (κ2) is 8.72. The molecule has 0 spiro atoms. The summed E-state index contributed by atoms with van der Waals surface area (Å²) in [6.45, 7) is -0.654. The van der Waals surface area contributed by atoms with Gasteiger partial charge in [-0.15, -0.1) is 0 Å². The zero-order chi connectivity index (χ0) is 23.0. The highest BCUT2D eigenvalue weighted by Gasteiger charge is 2.53. The molecule has 0 saturated carbocycles. The van der Waals surface area contributed by atoms with Crippen molar-refractivity contribution in [1.29, 1.82) is 0 Å². The first-order valence-corrected chi connectivity index (χ1v) is 10.2. The van der Waals surface area contributed by atoms with Gasteiger partial charge in [-0.3, -0.25) is 0 Å². The number of hydrogen-bond donors (Lipinski definition) is 6. The first-order valence-electron chi connectivity index (χ1n) is 9.79. The molecular formula is C22H22ClN3O6. The lowest BCUT2D eigenvalue weighted by atomic mass is 9.88. The lowest BCUT2D eigenvalue weighted by Crippen LogP contribution is -2.63. The number of ether oxygens (including phenoxy) is 1. The molecule has 1 aliphatic rings. The fourth-order valence-electron chi connectivity index (χ4n) is 3.65. The largest absolute Gasteiger partial charge is 0.394 e. The van der Waals surface area contributed by atoms with E-state index < -0.39 is 36.8 Å². The van der Waals surface area contributed by atoms with E-state index in [0.717, 1.165) is 5.56 Å². The normalized spacial score (nSPS) is 27.9. The van der Waals surface area contributed by atoms with Gasteiger partial charge in [0.15, 0.2) is 0 Å². The zero-order valence-corrected chi connectivity index (χ0v) is 17.5. The quantitative estimate of drug-likeness (QED) is 0.329. The topological polar surface area (TPSA) is 162 Å². The van der Waals surface area contributed by atoms with Crippen LogP contribution >= 0.6 is 11.6 Å². The van der Waals surface area contributed by atoms with Crippen LogP contribution in [0.2, 0.25) is 5.02 Å². The van der Waals surface area contributed by atoms with Crippen molar-refractivity contribution in [3.63, 3.8) is 0 Å². The van der Waals surface area contributed by atoms with E-state index in [0.29, 0.717) is 22.0 Å². The minimum atomic E-state index is -2.33. The summed E-state index contributed by atoms with van der Waals surface area (Å²) in [4.78, 5) is 8.52. The second-order valence-corrected chi connectivity index (χ2v) is 7.98. The van der Waals surface area contributed by atoms with Crippen LogP contribution in [0.5, 0.6) is 0 Å². The van der Waals surface area contributed by atoms with E-state index in [1.807, 2.05) is 12.1 Å². The standard InChI is InChI=1S/C22H22ClN3O6/c23-14-7-3-12(4-8-14)16-9-15(25-21(24)26-16)11-1-5-13(6-2-11)22(31)20(30)19(29)18(28)17(10-27)32-22/h1-9,17-20,27-31H,10H2,(H2,24,25,26)/t17-,18-,19-,20-,22-/m1/s1. The Labute approximate surface area is 188 Å². The van der Waals surface area contributed by atoms with Gasteiger partial charge < -0.3 is 36.0 Å². The Morgan fingerprint density at radius 1 is 0.906 bits per heavy atom. The highest BCUT2D eigenvalue weighted by molar-refractivity contribution is 6.30. The molecule has 32 heavy (non-hydrogen) atoms. The van der Waals surface area contributed by atoms with Crippen molar-refractivity contribution in [2.75, 3.05) is 12.3 Å². The van der Waals surface area contributed by atoms with Crippen molar-refractivity contribution in [2.45, 2.75) is 30.2 Å². The Morgan fingerprint density at radius 2 is 1.44 bits per heavy atom.